The molecule has 0 bridgehead atoms. The first-order valence-corrected chi connectivity index (χ1v) is 7.01. The van der Waals surface area contributed by atoms with Gasteiger partial charge >= 0.3 is 12.0 Å². The average Bonchev–Trinajstić information content (AvgIpc) is 2.47. The molecule has 110 valence electrons. The summed E-state index contributed by atoms with van der Waals surface area (Å²) in [5, 5.41) is 12.6. The van der Waals surface area contributed by atoms with E-state index in [1.54, 1.807) is 0 Å². The van der Waals surface area contributed by atoms with Crippen molar-refractivity contribution in [3.05, 3.63) is 11.2 Å². The zero-order chi connectivity index (χ0) is 14.5. The van der Waals surface area contributed by atoms with Crippen LogP contribution in [0, 0.1) is 11.8 Å². The van der Waals surface area contributed by atoms with Crippen LogP contribution in [0.3, 0.4) is 0 Å². The van der Waals surface area contributed by atoms with Crippen molar-refractivity contribution in [3.63, 3.8) is 0 Å². The molecule has 0 aromatic carbocycles. The van der Waals surface area contributed by atoms with E-state index in [0.717, 1.165) is 32.2 Å². The summed E-state index contributed by atoms with van der Waals surface area (Å²) in [4.78, 5) is 19.0. The standard InChI is InChI=1S/C13H18ClN3O3/c1-20-13-16-7-10(14)11(17-13)15-6-8-2-4-9(5-3-8)12(18)19/h7-9H,2-6H2,1H3,(H,18,19)(H,15,16,17). The van der Waals surface area contributed by atoms with Gasteiger partial charge in [-0.3, -0.25) is 4.79 Å². The molecule has 2 N–H and O–H groups in total. The summed E-state index contributed by atoms with van der Waals surface area (Å²) < 4.78 is 4.96. The van der Waals surface area contributed by atoms with Crippen LogP contribution in [-0.4, -0.2) is 34.7 Å². The highest BCUT2D eigenvalue weighted by Crippen LogP contribution is 2.29. The van der Waals surface area contributed by atoms with Crippen molar-refractivity contribution in [1.29, 1.82) is 0 Å². The molecule has 20 heavy (non-hydrogen) atoms. The Balaban J connectivity index is 1.86. The molecule has 0 atom stereocenters. The molecule has 2 rings (SSSR count). The number of carboxylic acids is 1. The molecule has 0 amide bonds. The number of rotatable bonds is 5. The molecule has 1 saturated carbocycles. The van der Waals surface area contributed by atoms with Crippen molar-refractivity contribution in [2.24, 2.45) is 11.8 Å². The lowest BCUT2D eigenvalue weighted by Gasteiger charge is -2.26. The Hall–Kier alpha value is -1.56. The molecule has 1 fully saturated rings. The minimum atomic E-state index is -0.681. The third-order valence-electron chi connectivity index (χ3n) is 3.66. The predicted molar refractivity (Wildman–Crippen MR) is 75.2 cm³/mol. The van der Waals surface area contributed by atoms with Gasteiger partial charge in [-0.1, -0.05) is 11.6 Å². The first kappa shape index (κ1) is 14.8. The molecule has 0 spiro atoms. The molecular formula is C13H18ClN3O3. The van der Waals surface area contributed by atoms with Gasteiger partial charge in [0.2, 0.25) is 0 Å². The van der Waals surface area contributed by atoms with Crippen molar-refractivity contribution >= 4 is 23.4 Å². The van der Waals surface area contributed by atoms with Crippen molar-refractivity contribution in [1.82, 2.24) is 9.97 Å². The Labute approximate surface area is 122 Å². The SMILES string of the molecule is COc1ncc(Cl)c(NCC2CCC(C(=O)O)CC2)n1. The Morgan fingerprint density at radius 2 is 2.20 bits per heavy atom. The second-order valence-electron chi connectivity index (χ2n) is 4.99. The second kappa shape index (κ2) is 6.74. The molecular weight excluding hydrogens is 282 g/mol. The Kier molecular flexibility index (Phi) is 5.00. The molecule has 1 aromatic rings. The van der Waals surface area contributed by atoms with Crippen LogP contribution in [0.2, 0.25) is 5.02 Å². The summed E-state index contributed by atoms with van der Waals surface area (Å²) in [6.07, 6.45) is 4.79. The van der Waals surface area contributed by atoms with E-state index in [1.807, 2.05) is 0 Å². The van der Waals surface area contributed by atoms with Crippen LogP contribution in [0.5, 0.6) is 6.01 Å². The van der Waals surface area contributed by atoms with Gasteiger partial charge < -0.3 is 15.2 Å². The van der Waals surface area contributed by atoms with Crippen molar-refractivity contribution in [2.75, 3.05) is 19.0 Å². The van der Waals surface area contributed by atoms with Crippen molar-refractivity contribution in [2.45, 2.75) is 25.7 Å². The lowest BCUT2D eigenvalue weighted by molar-refractivity contribution is -0.143. The summed E-state index contributed by atoms with van der Waals surface area (Å²) in [5.74, 6) is 0.135. The van der Waals surface area contributed by atoms with Gasteiger partial charge in [-0.2, -0.15) is 4.98 Å². The van der Waals surface area contributed by atoms with Gasteiger partial charge in [0.05, 0.1) is 19.2 Å². The topological polar surface area (TPSA) is 84.3 Å². The van der Waals surface area contributed by atoms with Crippen molar-refractivity contribution in [3.8, 4) is 6.01 Å². The van der Waals surface area contributed by atoms with Crippen LogP contribution in [0.15, 0.2) is 6.20 Å². The van der Waals surface area contributed by atoms with Gasteiger partial charge in [-0.05, 0) is 31.6 Å². The maximum atomic E-state index is 10.9. The first-order valence-electron chi connectivity index (χ1n) is 6.63. The Morgan fingerprint density at radius 1 is 1.50 bits per heavy atom. The summed E-state index contributed by atoms with van der Waals surface area (Å²) in [7, 11) is 1.50. The highest BCUT2D eigenvalue weighted by molar-refractivity contribution is 6.32. The van der Waals surface area contributed by atoms with Gasteiger partial charge in [0.15, 0.2) is 5.82 Å². The molecule has 7 heteroatoms. The minimum absolute atomic E-state index is 0.186. The molecule has 1 aromatic heterocycles. The number of hydrogen-bond donors (Lipinski definition) is 2. The number of aromatic nitrogens is 2. The molecule has 0 saturated heterocycles. The van der Waals surface area contributed by atoms with E-state index < -0.39 is 5.97 Å². The normalized spacial score (nSPS) is 22.3. The molecule has 1 aliphatic rings. The molecule has 1 heterocycles. The molecule has 0 radical (unpaired) electrons. The van der Waals surface area contributed by atoms with E-state index in [2.05, 4.69) is 15.3 Å². The van der Waals surface area contributed by atoms with Crippen LogP contribution in [0.4, 0.5) is 5.82 Å². The Bertz CT molecular complexity index is 476. The van der Waals surface area contributed by atoms with Crippen LogP contribution in [-0.2, 0) is 4.79 Å². The maximum Gasteiger partial charge on any atom is 0.318 e. The number of ether oxygens (including phenoxy) is 1. The number of nitrogens with zero attached hydrogens (tertiary/aromatic N) is 2. The fraction of sp³-hybridized carbons (Fsp3) is 0.615. The zero-order valence-electron chi connectivity index (χ0n) is 11.3. The Morgan fingerprint density at radius 3 is 2.80 bits per heavy atom. The monoisotopic (exact) mass is 299 g/mol. The molecule has 6 nitrogen and oxygen atoms in total. The lowest BCUT2D eigenvalue weighted by atomic mass is 9.82. The number of nitrogens with one attached hydrogen (secondary N) is 1. The smallest absolute Gasteiger partial charge is 0.318 e. The number of anilines is 1. The second-order valence-corrected chi connectivity index (χ2v) is 5.40. The number of halogens is 1. The van der Waals surface area contributed by atoms with E-state index in [4.69, 9.17) is 21.4 Å². The lowest BCUT2D eigenvalue weighted by Crippen LogP contribution is -2.25. The summed E-state index contributed by atoms with van der Waals surface area (Å²) in [6.45, 7) is 0.728. The quantitative estimate of drug-likeness (QED) is 0.869. The van der Waals surface area contributed by atoms with E-state index in [1.165, 1.54) is 13.3 Å². The molecule has 0 aliphatic heterocycles. The average molecular weight is 300 g/mol. The number of carboxylic acid groups (broad SMARTS) is 1. The third kappa shape index (κ3) is 3.72. The summed E-state index contributed by atoms with van der Waals surface area (Å²) >= 11 is 6.01. The zero-order valence-corrected chi connectivity index (χ0v) is 12.1. The van der Waals surface area contributed by atoms with E-state index >= 15 is 0 Å². The van der Waals surface area contributed by atoms with Crippen molar-refractivity contribution < 1.29 is 14.6 Å². The highest BCUT2D eigenvalue weighted by atomic mass is 35.5. The highest BCUT2D eigenvalue weighted by Gasteiger charge is 2.25. The number of methoxy groups -OCH3 is 1. The first-order chi connectivity index (χ1) is 9.60. The van der Waals surface area contributed by atoms with Gasteiger partial charge in [0.1, 0.15) is 5.02 Å². The van der Waals surface area contributed by atoms with Gasteiger partial charge in [0.25, 0.3) is 0 Å². The minimum Gasteiger partial charge on any atom is -0.481 e. The van der Waals surface area contributed by atoms with Gasteiger partial charge in [0, 0.05) is 6.54 Å². The van der Waals surface area contributed by atoms with E-state index in [-0.39, 0.29) is 11.9 Å². The van der Waals surface area contributed by atoms with Crippen LogP contribution in [0.25, 0.3) is 0 Å². The van der Waals surface area contributed by atoms with Crippen LogP contribution < -0.4 is 10.1 Å². The van der Waals surface area contributed by atoms with Gasteiger partial charge in [-0.25, -0.2) is 4.98 Å². The third-order valence-corrected chi connectivity index (χ3v) is 3.94. The molecule has 0 unspecified atom stereocenters. The fourth-order valence-electron chi connectivity index (χ4n) is 2.43. The van der Waals surface area contributed by atoms with E-state index in [9.17, 15) is 4.79 Å². The number of carbonyl (C=O) groups is 1. The fourth-order valence-corrected chi connectivity index (χ4v) is 2.59. The van der Waals surface area contributed by atoms with Crippen LogP contribution in [0.1, 0.15) is 25.7 Å². The predicted octanol–water partition coefficient (Wildman–Crippen LogP) is 2.44. The summed E-state index contributed by atoms with van der Waals surface area (Å²) in [5.41, 5.74) is 0. The largest absolute Gasteiger partial charge is 0.481 e. The maximum absolute atomic E-state index is 10.9. The number of aliphatic carboxylic acids is 1. The molecule has 1 aliphatic carbocycles. The van der Waals surface area contributed by atoms with Crippen LogP contribution >= 0.6 is 11.6 Å². The van der Waals surface area contributed by atoms with Gasteiger partial charge in [-0.15, -0.1) is 0 Å². The van der Waals surface area contributed by atoms with E-state index in [0.29, 0.717) is 16.8 Å². The summed E-state index contributed by atoms with van der Waals surface area (Å²) in [6, 6.07) is 0.270. The number of hydrogen-bond acceptors (Lipinski definition) is 5.